The van der Waals surface area contributed by atoms with Crippen molar-refractivity contribution in [2.75, 3.05) is 18.0 Å². The van der Waals surface area contributed by atoms with Gasteiger partial charge in [0.25, 0.3) is 5.91 Å². The molecule has 0 fully saturated rings. The fourth-order valence-electron chi connectivity index (χ4n) is 2.91. The molecule has 0 aliphatic rings. The lowest BCUT2D eigenvalue weighted by molar-refractivity contribution is -0.137. The summed E-state index contributed by atoms with van der Waals surface area (Å²) in [5.74, 6) is -1.87. The molecule has 10 N–H and O–H groups in total. The summed E-state index contributed by atoms with van der Waals surface area (Å²) in [5, 5.41) is 11.0. The number of carbonyl (C=O) groups excluding carboxylic acids is 1. The fourth-order valence-corrected chi connectivity index (χ4v) is 3.03. The molecular weight excluding hydrogens is 507 g/mol. The molecule has 0 saturated heterocycles. The van der Waals surface area contributed by atoms with E-state index >= 15 is 0 Å². The number of aliphatic carboxylic acids is 1. The number of carboxylic acid groups (broad SMARTS) is 1. The maximum absolute atomic E-state index is 12.2. The highest BCUT2D eigenvalue weighted by molar-refractivity contribution is 6.31. The number of hydrogen-bond acceptors (Lipinski definition) is 8. The first-order chi connectivity index (χ1) is 15.2. The highest BCUT2D eigenvalue weighted by atomic mass is 35.5. The molecule has 0 aliphatic carbocycles. The number of aromatic nitrogens is 2. The van der Waals surface area contributed by atoms with Crippen molar-refractivity contribution in [3.8, 4) is 0 Å². The molecular formula is C20H29Cl3N8O3. The molecule has 0 aliphatic heterocycles. The van der Waals surface area contributed by atoms with Crippen LogP contribution in [0.4, 0.5) is 11.6 Å². The van der Waals surface area contributed by atoms with Crippen molar-refractivity contribution in [3.05, 3.63) is 46.2 Å². The second-order valence-corrected chi connectivity index (χ2v) is 7.55. The molecule has 34 heavy (non-hydrogen) atoms. The van der Waals surface area contributed by atoms with Crippen molar-refractivity contribution in [3.63, 3.8) is 0 Å². The zero-order valence-electron chi connectivity index (χ0n) is 18.2. The van der Waals surface area contributed by atoms with Gasteiger partial charge in [0.2, 0.25) is 0 Å². The van der Waals surface area contributed by atoms with E-state index in [-0.39, 0.29) is 59.7 Å². The first-order valence-electron chi connectivity index (χ1n) is 9.90. The lowest BCUT2D eigenvalue weighted by atomic mass is 10.0. The minimum Gasteiger partial charge on any atom is -0.481 e. The number of aryl methyl sites for hydroxylation is 1. The Labute approximate surface area is 214 Å². The van der Waals surface area contributed by atoms with Gasteiger partial charge < -0.3 is 28.0 Å². The number of unbranched alkanes of at least 4 members (excludes halogenated alkanes) is 1. The zero-order valence-corrected chi connectivity index (χ0v) is 20.6. The highest BCUT2D eigenvalue weighted by Crippen LogP contribution is 2.17. The summed E-state index contributed by atoms with van der Waals surface area (Å²) in [7, 11) is 0. The summed E-state index contributed by atoms with van der Waals surface area (Å²) < 4.78 is 0. The Hall–Kier alpha value is -2.86. The smallest absolute Gasteiger partial charge is 0.304 e. The Balaban J connectivity index is 0.00000544. The number of anilines is 2. The number of carbonyl (C=O) groups is 2. The Morgan fingerprint density at radius 3 is 2.29 bits per heavy atom. The molecule has 11 nitrogen and oxygen atoms in total. The van der Waals surface area contributed by atoms with E-state index in [0.29, 0.717) is 13.0 Å². The minimum atomic E-state index is -0.899. The molecule has 2 aromatic rings. The van der Waals surface area contributed by atoms with Gasteiger partial charge >= 0.3 is 5.97 Å². The molecule has 1 amide bonds. The number of rotatable bonds is 10. The summed E-state index contributed by atoms with van der Waals surface area (Å²) in [4.78, 5) is 34.5. The standard InChI is InChI=1S/C20H27ClN8O3.2ClH/c21-16-18(24)28-17(23)15(27-16)19(32)29-20(25)26-8-2-1-3-11-4-6-12(7-5-11)9-13(22)10-14(30)31;;/h4-7,13H,1-3,8-10,22H2,(H,30,31)(H4,23,24,28)(H3,25,26,29,32);2*1H/t13-;;/m1../s1. The number of nitrogens with one attached hydrogen (secondary N) is 1. The van der Waals surface area contributed by atoms with Gasteiger partial charge in [-0.15, -0.1) is 24.8 Å². The molecule has 1 aromatic carbocycles. The average molecular weight is 536 g/mol. The van der Waals surface area contributed by atoms with Crippen molar-refractivity contribution in [1.82, 2.24) is 15.3 Å². The van der Waals surface area contributed by atoms with E-state index in [1.54, 1.807) is 0 Å². The van der Waals surface area contributed by atoms with Gasteiger partial charge in [0.15, 0.2) is 28.4 Å². The molecule has 0 bridgehead atoms. The lowest BCUT2D eigenvalue weighted by Gasteiger charge is -2.09. The Morgan fingerprint density at radius 1 is 1.06 bits per heavy atom. The van der Waals surface area contributed by atoms with Gasteiger partial charge in [0.05, 0.1) is 6.42 Å². The Morgan fingerprint density at radius 2 is 1.68 bits per heavy atom. The third-order valence-electron chi connectivity index (χ3n) is 4.47. The molecule has 14 heteroatoms. The van der Waals surface area contributed by atoms with E-state index in [1.807, 2.05) is 24.3 Å². The summed E-state index contributed by atoms with van der Waals surface area (Å²) in [6.45, 7) is 0.428. The molecule has 1 atom stereocenters. The number of nitrogen functional groups attached to an aromatic ring is 2. The first-order valence-corrected chi connectivity index (χ1v) is 10.3. The van der Waals surface area contributed by atoms with E-state index in [2.05, 4.69) is 20.3 Å². The molecule has 0 unspecified atom stereocenters. The summed E-state index contributed by atoms with van der Waals surface area (Å²) in [6.07, 6.45) is 2.94. The fraction of sp³-hybridized carbons (Fsp3) is 0.350. The van der Waals surface area contributed by atoms with Gasteiger partial charge in [-0.1, -0.05) is 35.9 Å². The summed E-state index contributed by atoms with van der Waals surface area (Å²) >= 11 is 5.76. The van der Waals surface area contributed by atoms with Crippen LogP contribution in [0, 0.1) is 0 Å². The third kappa shape index (κ3) is 10.4. The van der Waals surface area contributed by atoms with Crippen molar-refractivity contribution in [2.24, 2.45) is 16.5 Å². The largest absolute Gasteiger partial charge is 0.481 e. The van der Waals surface area contributed by atoms with E-state index in [0.717, 1.165) is 30.4 Å². The molecule has 0 saturated carbocycles. The minimum absolute atomic E-state index is 0. The van der Waals surface area contributed by atoms with Gasteiger partial charge in [-0.2, -0.15) is 0 Å². The van der Waals surface area contributed by atoms with Crippen molar-refractivity contribution in [2.45, 2.75) is 38.1 Å². The van der Waals surface area contributed by atoms with E-state index < -0.39 is 17.9 Å². The molecule has 0 radical (unpaired) electrons. The second-order valence-electron chi connectivity index (χ2n) is 7.19. The number of aliphatic imine (C=N–C) groups is 1. The summed E-state index contributed by atoms with van der Waals surface area (Å²) in [5.41, 5.74) is 24.6. The van der Waals surface area contributed by atoms with Gasteiger partial charge in [-0.3, -0.25) is 19.9 Å². The number of carboxylic acids is 1. The number of nitrogens with two attached hydrogens (primary N) is 4. The van der Waals surface area contributed by atoms with Crippen LogP contribution < -0.4 is 28.3 Å². The zero-order chi connectivity index (χ0) is 23.7. The maximum Gasteiger partial charge on any atom is 0.304 e. The Kier molecular flexibility index (Phi) is 13.8. The van der Waals surface area contributed by atoms with Crippen LogP contribution in [0.15, 0.2) is 29.3 Å². The molecule has 0 spiro atoms. The first kappa shape index (κ1) is 31.1. The number of nitrogens with zero attached hydrogens (tertiary/aromatic N) is 3. The van der Waals surface area contributed by atoms with Crippen LogP contribution in [0.1, 0.15) is 40.9 Å². The van der Waals surface area contributed by atoms with E-state index in [4.69, 9.17) is 39.6 Å². The number of guanidine groups is 1. The van der Waals surface area contributed by atoms with Crippen LogP contribution in [-0.2, 0) is 17.6 Å². The predicted octanol–water partition coefficient (Wildman–Crippen LogP) is 1.55. The second kappa shape index (κ2) is 15.1. The molecule has 1 aromatic heterocycles. The third-order valence-corrected chi connectivity index (χ3v) is 4.75. The predicted molar refractivity (Wildman–Crippen MR) is 138 cm³/mol. The topological polar surface area (TPSA) is 209 Å². The van der Waals surface area contributed by atoms with Crippen molar-refractivity contribution < 1.29 is 14.7 Å². The van der Waals surface area contributed by atoms with Crippen molar-refractivity contribution in [1.29, 1.82) is 0 Å². The Bertz CT molecular complexity index is 990. The maximum atomic E-state index is 12.2. The number of benzene rings is 1. The monoisotopic (exact) mass is 534 g/mol. The van der Waals surface area contributed by atoms with E-state index in [1.165, 1.54) is 0 Å². The molecule has 1 heterocycles. The van der Waals surface area contributed by atoms with Crippen molar-refractivity contribution >= 4 is 65.9 Å². The molecule has 188 valence electrons. The van der Waals surface area contributed by atoms with E-state index in [9.17, 15) is 9.59 Å². The van der Waals surface area contributed by atoms with Gasteiger partial charge in [0.1, 0.15) is 0 Å². The lowest BCUT2D eigenvalue weighted by Crippen LogP contribution is -2.38. The van der Waals surface area contributed by atoms with Crippen LogP contribution in [-0.4, -0.2) is 45.5 Å². The number of hydrogen-bond donors (Lipinski definition) is 6. The summed E-state index contributed by atoms with van der Waals surface area (Å²) in [6, 6.07) is 7.53. The van der Waals surface area contributed by atoms with Crippen LogP contribution in [0.2, 0.25) is 5.15 Å². The molecule has 2 rings (SSSR count). The quantitative estimate of drug-likeness (QED) is 0.148. The van der Waals surface area contributed by atoms with Gasteiger partial charge in [0, 0.05) is 12.6 Å². The van der Waals surface area contributed by atoms with Crippen LogP contribution in [0.3, 0.4) is 0 Å². The van der Waals surface area contributed by atoms with Crippen LogP contribution >= 0.6 is 36.4 Å². The van der Waals surface area contributed by atoms with Crippen LogP contribution in [0.25, 0.3) is 0 Å². The average Bonchev–Trinajstić information content (AvgIpc) is 2.71. The van der Waals surface area contributed by atoms with Gasteiger partial charge in [-0.05, 0) is 36.8 Å². The van der Waals surface area contributed by atoms with Crippen LogP contribution in [0.5, 0.6) is 0 Å². The highest BCUT2D eigenvalue weighted by Gasteiger charge is 2.16. The SMILES string of the molecule is Cl.Cl.NC(=NCCCCc1ccc(C[C@@H](N)CC(=O)O)cc1)NC(=O)c1nc(Cl)c(N)nc1N. The number of halogens is 3. The normalized spacial score (nSPS) is 11.6. The van der Waals surface area contributed by atoms with Gasteiger partial charge in [-0.25, -0.2) is 9.97 Å². The number of amides is 1.